The number of rotatable bonds is 7. The van der Waals surface area contributed by atoms with Gasteiger partial charge < -0.3 is 21.1 Å². The van der Waals surface area contributed by atoms with Gasteiger partial charge in [-0.25, -0.2) is 0 Å². The van der Waals surface area contributed by atoms with Gasteiger partial charge in [-0.15, -0.1) is 0 Å². The highest BCUT2D eigenvalue weighted by Gasteiger charge is 2.53. The SMILES string of the molecule is CCC1=CNCC(C2=CCC3C2CCC2c4ccc(C(=O)NCC5(CN=[N+]=[N-])COC5)cc4CC[C@]23N)=C1. The Bertz CT molecular complexity index is 1270. The Balaban J connectivity index is 1.16. The number of dihydropyridines is 1. The van der Waals surface area contributed by atoms with Crippen LogP contribution >= 0.6 is 0 Å². The van der Waals surface area contributed by atoms with Crippen LogP contribution in [-0.2, 0) is 11.2 Å². The van der Waals surface area contributed by atoms with Crippen molar-refractivity contribution in [3.8, 4) is 0 Å². The number of fused-ring (bicyclic) bond motifs is 5. The minimum atomic E-state index is -0.291. The van der Waals surface area contributed by atoms with E-state index in [2.05, 4.69) is 58.1 Å². The molecule has 1 saturated heterocycles. The van der Waals surface area contributed by atoms with E-state index in [0.29, 0.717) is 49.6 Å². The number of amides is 1. The molecule has 0 aromatic heterocycles. The number of hydrogen-bond acceptors (Lipinski definition) is 5. The number of hydrogen-bond donors (Lipinski definition) is 3. The number of carbonyl (C=O) groups excluding carboxylic acids is 1. The van der Waals surface area contributed by atoms with Crippen LogP contribution in [0.2, 0.25) is 0 Å². The zero-order valence-electron chi connectivity index (χ0n) is 22.2. The Morgan fingerprint density at radius 1 is 1.34 bits per heavy atom. The molecule has 1 amide bonds. The van der Waals surface area contributed by atoms with E-state index in [0.717, 1.165) is 38.6 Å². The molecule has 1 aromatic carbocycles. The third-order valence-electron chi connectivity index (χ3n) is 9.82. The zero-order chi connectivity index (χ0) is 26.3. The topological polar surface area (TPSA) is 125 Å². The van der Waals surface area contributed by atoms with E-state index >= 15 is 0 Å². The molecule has 2 aliphatic heterocycles. The van der Waals surface area contributed by atoms with E-state index in [-0.39, 0.29) is 16.9 Å². The number of nitrogens with zero attached hydrogens (tertiary/aromatic N) is 3. The largest absolute Gasteiger partial charge is 0.387 e. The molecule has 5 aliphatic rings. The van der Waals surface area contributed by atoms with Gasteiger partial charge in [-0.1, -0.05) is 30.3 Å². The standard InChI is InChI=1S/C30H38N6O2/c1-2-19-11-22(14-33-13-19)23-5-7-27-25(23)6-8-26-24-4-3-21(12-20(24)9-10-30(26,27)31)28(37)34-15-29(16-35-36-32)17-38-18-29/h3-5,11-13,25-27,33H,2,6-10,14-18,31H2,1H3,(H,34,37)/t25?,26?,27?,30-/m0/s1. The van der Waals surface area contributed by atoms with Crippen LogP contribution in [0.3, 0.4) is 0 Å². The number of ether oxygens (including phenoxy) is 1. The summed E-state index contributed by atoms with van der Waals surface area (Å²) in [5.41, 5.74) is 23.2. The summed E-state index contributed by atoms with van der Waals surface area (Å²) in [6.07, 6.45) is 13.2. The van der Waals surface area contributed by atoms with Crippen LogP contribution in [0.1, 0.15) is 66.4 Å². The maximum atomic E-state index is 13.0. The Morgan fingerprint density at radius 2 is 2.21 bits per heavy atom. The Morgan fingerprint density at radius 3 is 2.97 bits per heavy atom. The lowest BCUT2D eigenvalue weighted by atomic mass is 9.55. The second-order valence-corrected chi connectivity index (χ2v) is 12.0. The first-order valence-corrected chi connectivity index (χ1v) is 14.1. The van der Waals surface area contributed by atoms with Crippen molar-refractivity contribution in [3.05, 3.63) is 80.4 Å². The smallest absolute Gasteiger partial charge is 0.251 e. The fourth-order valence-corrected chi connectivity index (χ4v) is 7.63. The second kappa shape index (κ2) is 9.92. The number of allylic oxidation sites excluding steroid dienone is 3. The molecule has 8 nitrogen and oxygen atoms in total. The molecule has 4 N–H and O–H groups in total. The monoisotopic (exact) mass is 514 g/mol. The minimum absolute atomic E-state index is 0.0900. The molecule has 0 bridgehead atoms. The number of carbonyl (C=O) groups is 1. The third-order valence-corrected chi connectivity index (χ3v) is 9.82. The van der Waals surface area contributed by atoms with Crippen LogP contribution in [0.5, 0.6) is 0 Å². The zero-order valence-corrected chi connectivity index (χ0v) is 22.2. The summed E-state index contributed by atoms with van der Waals surface area (Å²) in [7, 11) is 0. The average Bonchev–Trinajstić information content (AvgIpc) is 3.37. The molecule has 0 radical (unpaired) electrons. The molecule has 2 heterocycles. The predicted octanol–water partition coefficient (Wildman–Crippen LogP) is 4.65. The molecule has 6 rings (SSSR count). The summed E-state index contributed by atoms with van der Waals surface area (Å²) < 4.78 is 5.33. The van der Waals surface area contributed by atoms with Crippen LogP contribution in [0, 0.1) is 17.3 Å². The van der Waals surface area contributed by atoms with Crippen molar-refractivity contribution in [2.45, 2.75) is 56.9 Å². The lowest BCUT2D eigenvalue weighted by Crippen LogP contribution is -2.58. The average molecular weight is 515 g/mol. The molecule has 200 valence electrons. The Kier molecular flexibility index (Phi) is 6.58. The minimum Gasteiger partial charge on any atom is -0.387 e. The van der Waals surface area contributed by atoms with Crippen molar-refractivity contribution in [1.29, 1.82) is 0 Å². The van der Waals surface area contributed by atoms with Crippen LogP contribution in [-0.4, -0.2) is 44.3 Å². The van der Waals surface area contributed by atoms with Crippen molar-refractivity contribution in [2.75, 3.05) is 32.8 Å². The number of aryl methyl sites for hydroxylation is 1. The molecule has 8 heteroatoms. The lowest BCUT2D eigenvalue weighted by molar-refractivity contribution is -0.103. The Hall–Kier alpha value is -3.06. The second-order valence-electron chi connectivity index (χ2n) is 12.0. The van der Waals surface area contributed by atoms with Crippen LogP contribution in [0.4, 0.5) is 0 Å². The van der Waals surface area contributed by atoms with Gasteiger partial charge in [0.15, 0.2) is 0 Å². The lowest BCUT2D eigenvalue weighted by Gasteiger charge is -2.53. The van der Waals surface area contributed by atoms with Crippen molar-refractivity contribution in [1.82, 2.24) is 10.6 Å². The van der Waals surface area contributed by atoms with Crippen LogP contribution < -0.4 is 16.4 Å². The van der Waals surface area contributed by atoms with E-state index in [1.807, 2.05) is 6.07 Å². The van der Waals surface area contributed by atoms with E-state index in [4.69, 9.17) is 16.0 Å². The molecular formula is C30H38N6O2. The summed E-state index contributed by atoms with van der Waals surface area (Å²) in [5.74, 6) is 1.26. The highest BCUT2D eigenvalue weighted by molar-refractivity contribution is 5.94. The number of azide groups is 1. The summed E-state index contributed by atoms with van der Waals surface area (Å²) >= 11 is 0. The number of nitrogens with two attached hydrogens (primary N) is 1. The highest BCUT2D eigenvalue weighted by Crippen LogP contribution is 2.57. The molecule has 4 atom stereocenters. The number of nitrogens with one attached hydrogen (secondary N) is 2. The maximum Gasteiger partial charge on any atom is 0.251 e. The molecule has 0 spiro atoms. The maximum absolute atomic E-state index is 13.0. The number of benzene rings is 1. The van der Waals surface area contributed by atoms with Gasteiger partial charge in [-0.3, -0.25) is 4.79 Å². The molecule has 38 heavy (non-hydrogen) atoms. The van der Waals surface area contributed by atoms with Crippen molar-refractivity contribution in [2.24, 2.45) is 28.1 Å². The first kappa shape index (κ1) is 25.2. The molecule has 1 aromatic rings. The van der Waals surface area contributed by atoms with E-state index in [1.54, 1.807) is 0 Å². The van der Waals surface area contributed by atoms with Gasteiger partial charge in [0.25, 0.3) is 5.91 Å². The Labute approximate surface area is 224 Å². The normalized spacial score (nSPS) is 30.6. The van der Waals surface area contributed by atoms with Crippen LogP contribution in [0.15, 0.2) is 58.4 Å². The summed E-state index contributed by atoms with van der Waals surface area (Å²) in [4.78, 5) is 15.9. The summed E-state index contributed by atoms with van der Waals surface area (Å²) in [6.45, 7) is 4.89. The van der Waals surface area contributed by atoms with Crippen molar-refractivity contribution >= 4 is 5.91 Å². The molecule has 2 fully saturated rings. The van der Waals surface area contributed by atoms with Gasteiger partial charge in [-0.05, 0) is 102 Å². The van der Waals surface area contributed by atoms with Gasteiger partial charge in [0.05, 0.1) is 13.2 Å². The van der Waals surface area contributed by atoms with E-state index in [9.17, 15) is 4.79 Å². The van der Waals surface area contributed by atoms with Gasteiger partial charge in [0, 0.05) is 47.0 Å². The third kappa shape index (κ3) is 4.25. The quantitative estimate of drug-likeness (QED) is 0.278. The fraction of sp³-hybridized carbons (Fsp3) is 0.567. The van der Waals surface area contributed by atoms with Crippen molar-refractivity contribution in [3.63, 3.8) is 0 Å². The van der Waals surface area contributed by atoms with E-state index < -0.39 is 0 Å². The van der Waals surface area contributed by atoms with Gasteiger partial charge in [-0.2, -0.15) is 0 Å². The van der Waals surface area contributed by atoms with Gasteiger partial charge in [0.1, 0.15) is 0 Å². The fourth-order valence-electron chi connectivity index (χ4n) is 7.63. The molecule has 3 aliphatic carbocycles. The molecule has 1 saturated carbocycles. The van der Waals surface area contributed by atoms with E-state index in [1.165, 1.54) is 34.3 Å². The van der Waals surface area contributed by atoms with Crippen molar-refractivity contribution < 1.29 is 9.53 Å². The van der Waals surface area contributed by atoms with Gasteiger partial charge in [0.2, 0.25) is 0 Å². The highest BCUT2D eigenvalue weighted by atomic mass is 16.5. The molecular weight excluding hydrogens is 476 g/mol. The first-order valence-electron chi connectivity index (χ1n) is 14.1. The summed E-state index contributed by atoms with van der Waals surface area (Å²) in [5, 5.41) is 10.2. The summed E-state index contributed by atoms with van der Waals surface area (Å²) in [6, 6.07) is 6.19. The van der Waals surface area contributed by atoms with Gasteiger partial charge >= 0.3 is 0 Å². The predicted molar refractivity (Wildman–Crippen MR) is 147 cm³/mol. The first-order chi connectivity index (χ1) is 18.5. The van der Waals surface area contributed by atoms with Crippen LogP contribution in [0.25, 0.3) is 10.4 Å². The molecule has 3 unspecified atom stereocenters.